The normalized spacial score (nSPS) is 12.3. The van der Waals surface area contributed by atoms with Gasteiger partial charge in [0, 0.05) is 69.0 Å². The highest BCUT2D eigenvalue weighted by atomic mass is 32.3. The molecule has 0 amide bonds. The molecule has 3 aromatic heterocycles. The van der Waals surface area contributed by atoms with Gasteiger partial charge in [-0.05, 0) is 121 Å². The molecule has 64 heavy (non-hydrogen) atoms. The molecule has 3 nitrogen and oxygen atoms in total. The lowest BCUT2D eigenvalue weighted by Gasteiger charge is -2.42. The van der Waals surface area contributed by atoms with Crippen molar-refractivity contribution in [2.45, 2.75) is 19.6 Å². The maximum atomic E-state index is 2.49. The van der Waals surface area contributed by atoms with Crippen molar-refractivity contribution in [1.82, 2.24) is 13.7 Å². The van der Waals surface area contributed by atoms with Crippen LogP contribution in [0.25, 0.3) is 82.5 Å². The molecule has 0 spiro atoms. The first-order valence-corrected chi connectivity index (χ1v) is 23.6. The van der Waals surface area contributed by atoms with Crippen LogP contribution in [0.3, 0.4) is 0 Å². The summed E-state index contributed by atoms with van der Waals surface area (Å²) in [4.78, 5) is 5.26. The third-order valence-corrected chi connectivity index (χ3v) is 17.0. The van der Waals surface area contributed by atoms with Crippen LogP contribution < -0.4 is 0 Å². The van der Waals surface area contributed by atoms with Gasteiger partial charge in [0.25, 0.3) is 0 Å². The van der Waals surface area contributed by atoms with Gasteiger partial charge in [-0.25, -0.2) is 0 Å². The number of aromatic nitrogens is 3. The summed E-state index contributed by atoms with van der Waals surface area (Å²) in [5.74, 6) is 0. The van der Waals surface area contributed by atoms with E-state index in [1.807, 2.05) is 0 Å². The van der Waals surface area contributed by atoms with E-state index in [9.17, 15) is 0 Å². The highest BCUT2D eigenvalue weighted by Crippen LogP contribution is 2.73. The van der Waals surface area contributed by atoms with Gasteiger partial charge in [0.2, 0.25) is 0 Å². The molecule has 0 unspecified atom stereocenters. The number of rotatable bonds is 7. The predicted molar refractivity (Wildman–Crippen MR) is 269 cm³/mol. The van der Waals surface area contributed by atoms with Crippen LogP contribution in [0.15, 0.2) is 268 Å². The molecule has 0 aliphatic carbocycles. The van der Waals surface area contributed by atoms with Crippen molar-refractivity contribution < 1.29 is 0 Å². The van der Waals surface area contributed by atoms with Crippen molar-refractivity contribution in [3.63, 3.8) is 0 Å². The average molecular weight is 836 g/mol. The molecule has 0 saturated heterocycles. The van der Waals surface area contributed by atoms with Crippen LogP contribution in [0.5, 0.6) is 0 Å². The minimum atomic E-state index is -1.87. The zero-order valence-corrected chi connectivity index (χ0v) is 35.7. The quantitative estimate of drug-likeness (QED) is 0.152. The van der Waals surface area contributed by atoms with Crippen LogP contribution in [-0.2, 0) is 0 Å². The number of hydrogen-bond acceptors (Lipinski definition) is 0. The zero-order valence-electron chi connectivity index (χ0n) is 34.9. The van der Waals surface area contributed by atoms with Gasteiger partial charge in [0.05, 0.1) is 33.1 Å². The molecule has 0 N–H and O–H groups in total. The Kier molecular flexibility index (Phi) is 8.30. The van der Waals surface area contributed by atoms with Crippen molar-refractivity contribution in [1.29, 1.82) is 0 Å². The smallest absolute Gasteiger partial charge is 0.0542 e. The summed E-state index contributed by atoms with van der Waals surface area (Å²) in [6.45, 7) is 0. The number of hydrogen-bond donors (Lipinski definition) is 0. The molecule has 302 valence electrons. The number of nitrogens with zero attached hydrogens (tertiary/aromatic N) is 3. The predicted octanol–water partition coefficient (Wildman–Crippen LogP) is 16.3. The Morgan fingerprint density at radius 2 is 0.516 bits per heavy atom. The Morgan fingerprint density at radius 1 is 0.203 bits per heavy atom. The number of fused-ring (bicyclic) bond motifs is 9. The Hall–Kier alpha value is -8.05. The molecule has 3 heterocycles. The molecule has 0 aliphatic rings. The Balaban J connectivity index is 1.07. The molecular formula is C60H41N3S. The topological polar surface area (TPSA) is 14.8 Å². The summed E-state index contributed by atoms with van der Waals surface area (Å²) in [5.41, 5.74) is 10.6. The monoisotopic (exact) mass is 835 g/mol. The third-order valence-electron chi connectivity index (χ3n) is 13.1. The molecule has 4 heteroatoms. The summed E-state index contributed by atoms with van der Waals surface area (Å²) in [5, 5.41) is 7.43. The van der Waals surface area contributed by atoms with Crippen molar-refractivity contribution in [3.05, 3.63) is 249 Å². The molecule has 13 rings (SSSR count). The molecule has 0 radical (unpaired) electrons. The van der Waals surface area contributed by atoms with Crippen molar-refractivity contribution in [3.8, 4) is 17.1 Å². The van der Waals surface area contributed by atoms with Crippen LogP contribution in [0, 0.1) is 0 Å². The van der Waals surface area contributed by atoms with Crippen molar-refractivity contribution in [2.24, 2.45) is 0 Å². The summed E-state index contributed by atoms with van der Waals surface area (Å²) >= 11 is 0. The molecule has 0 saturated carbocycles. The summed E-state index contributed by atoms with van der Waals surface area (Å²) in [6.07, 6.45) is 0. The molecule has 10 aromatic carbocycles. The second-order valence-electron chi connectivity index (χ2n) is 16.5. The maximum Gasteiger partial charge on any atom is 0.0542 e. The van der Waals surface area contributed by atoms with Gasteiger partial charge in [0.15, 0.2) is 0 Å². The fourth-order valence-electron chi connectivity index (χ4n) is 10.4. The van der Waals surface area contributed by atoms with Gasteiger partial charge in [0.1, 0.15) is 0 Å². The molecule has 0 atom stereocenters. The van der Waals surface area contributed by atoms with E-state index in [2.05, 4.69) is 262 Å². The highest BCUT2D eigenvalue weighted by molar-refractivity contribution is 8.34. The molecular weight excluding hydrogens is 795 g/mol. The fourth-order valence-corrected chi connectivity index (χ4v) is 14.3. The van der Waals surface area contributed by atoms with Gasteiger partial charge in [-0.3, -0.25) is 0 Å². The van der Waals surface area contributed by atoms with Gasteiger partial charge in [-0.15, -0.1) is 10.0 Å². The van der Waals surface area contributed by atoms with E-state index in [1.165, 1.54) is 85.0 Å². The zero-order chi connectivity index (χ0) is 42.2. The van der Waals surface area contributed by atoms with Gasteiger partial charge in [-0.1, -0.05) is 127 Å². The van der Waals surface area contributed by atoms with E-state index < -0.39 is 10.0 Å². The Morgan fingerprint density at radius 3 is 0.953 bits per heavy atom. The third kappa shape index (κ3) is 5.36. The van der Waals surface area contributed by atoms with Gasteiger partial charge in [-0.2, -0.15) is 0 Å². The van der Waals surface area contributed by atoms with E-state index >= 15 is 0 Å². The second-order valence-corrected chi connectivity index (χ2v) is 19.6. The largest absolute Gasteiger partial charge is 0.309 e. The van der Waals surface area contributed by atoms with Crippen LogP contribution in [0.2, 0.25) is 0 Å². The van der Waals surface area contributed by atoms with Crippen LogP contribution in [0.1, 0.15) is 0 Å². The minimum Gasteiger partial charge on any atom is -0.309 e. The molecule has 0 fully saturated rings. The number of para-hydroxylation sites is 4. The van der Waals surface area contributed by atoms with Gasteiger partial charge >= 0.3 is 0 Å². The van der Waals surface area contributed by atoms with Crippen molar-refractivity contribution in [2.75, 3.05) is 0 Å². The second kappa shape index (κ2) is 14.5. The summed E-state index contributed by atoms with van der Waals surface area (Å²) in [7, 11) is -1.87. The highest BCUT2D eigenvalue weighted by Gasteiger charge is 2.34. The lowest BCUT2D eigenvalue weighted by molar-refractivity contribution is 1.16. The van der Waals surface area contributed by atoms with E-state index in [0.717, 1.165) is 17.1 Å². The van der Waals surface area contributed by atoms with E-state index in [1.54, 1.807) is 0 Å². The van der Waals surface area contributed by atoms with Gasteiger partial charge < -0.3 is 13.7 Å². The van der Waals surface area contributed by atoms with Crippen LogP contribution in [0.4, 0.5) is 0 Å². The Labute approximate surface area is 372 Å². The van der Waals surface area contributed by atoms with E-state index in [0.29, 0.717) is 0 Å². The molecule has 0 bridgehead atoms. The molecule has 0 aliphatic heterocycles. The Bertz CT molecular complexity index is 3730. The van der Waals surface area contributed by atoms with E-state index in [-0.39, 0.29) is 0 Å². The number of benzene rings is 10. The first-order chi connectivity index (χ1) is 31.8. The SMILES string of the molecule is c1ccc(-n2c3ccc(-n4c5ccccc5c5ccccc54)cc3c3cc(-n4c5ccccc5c5cc(S(c6ccccc6)(c6ccccc6)c6ccccc6)ccc54)ccc32)cc1. The first kappa shape index (κ1) is 36.6. The van der Waals surface area contributed by atoms with Crippen LogP contribution in [-0.4, -0.2) is 13.7 Å². The van der Waals surface area contributed by atoms with Crippen molar-refractivity contribution >= 4 is 75.4 Å². The maximum absolute atomic E-state index is 2.49. The van der Waals surface area contributed by atoms with E-state index in [4.69, 9.17) is 0 Å². The first-order valence-electron chi connectivity index (χ1n) is 21.9. The lowest BCUT2D eigenvalue weighted by atomic mass is 10.1. The average Bonchev–Trinajstić information content (AvgIpc) is 4.00. The van der Waals surface area contributed by atoms with Crippen LogP contribution >= 0.6 is 10.0 Å². The minimum absolute atomic E-state index is 1.13. The summed E-state index contributed by atoms with van der Waals surface area (Å²) in [6, 6.07) is 91.9. The standard InChI is InChI=1S/C60H41N3S/c1-5-19-42(20-6-1)61-58-36-33-43(62-55-30-16-13-27-49(55)50-28-14-17-31-56(50)62)39-52(58)53-40-44(34-37-59(53)61)63-57-32-18-15-29-51(57)54-41-48(35-38-60(54)63)64(45-21-7-2-8-22-45,46-23-9-3-10-24-46)47-25-11-4-12-26-47/h1-41H. The summed E-state index contributed by atoms with van der Waals surface area (Å²) < 4.78 is 7.31. The fraction of sp³-hybridized carbons (Fsp3) is 0. The lowest BCUT2D eigenvalue weighted by Crippen LogP contribution is -2.05. The molecule has 13 aromatic rings.